The third-order valence-electron chi connectivity index (χ3n) is 3.91. The molecule has 0 bridgehead atoms. The smallest absolute Gasteiger partial charge is 0.335 e. The lowest BCUT2D eigenvalue weighted by molar-refractivity contribution is -0.130. The molecule has 0 unspecified atom stereocenters. The summed E-state index contributed by atoms with van der Waals surface area (Å²) in [6.45, 7) is 3.12. The van der Waals surface area contributed by atoms with E-state index in [1.807, 2.05) is 31.2 Å². The molecule has 0 fully saturated rings. The van der Waals surface area contributed by atoms with Gasteiger partial charge in [0.2, 0.25) is 5.91 Å². The molecular weight excluding hydrogens is 318 g/mol. The molecule has 0 spiro atoms. The van der Waals surface area contributed by atoms with Crippen molar-refractivity contribution in [2.45, 2.75) is 26.3 Å². The van der Waals surface area contributed by atoms with Gasteiger partial charge in [0.1, 0.15) is 5.75 Å². The van der Waals surface area contributed by atoms with Gasteiger partial charge in [-0.25, -0.2) is 4.79 Å². The molecule has 0 aliphatic heterocycles. The molecule has 5 nitrogen and oxygen atoms in total. The molecular formula is C20H23NO4. The maximum Gasteiger partial charge on any atom is 0.335 e. The molecule has 0 atom stereocenters. The van der Waals surface area contributed by atoms with Crippen LogP contribution in [0.4, 0.5) is 0 Å². The van der Waals surface area contributed by atoms with Gasteiger partial charge in [0, 0.05) is 20.0 Å². The number of carbonyl (C=O) groups excluding carboxylic acids is 1. The van der Waals surface area contributed by atoms with Crippen LogP contribution in [-0.4, -0.2) is 35.5 Å². The summed E-state index contributed by atoms with van der Waals surface area (Å²) in [6, 6.07) is 14.4. The molecule has 132 valence electrons. The topological polar surface area (TPSA) is 66.8 Å². The molecule has 2 aromatic rings. The van der Waals surface area contributed by atoms with E-state index in [4.69, 9.17) is 9.84 Å². The number of hydrogen-bond donors (Lipinski definition) is 1. The first-order chi connectivity index (χ1) is 12.0. The van der Waals surface area contributed by atoms with E-state index in [0.717, 1.165) is 16.9 Å². The number of carboxylic acids is 1. The van der Waals surface area contributed by atoms with Gasteiger partial charge in [0.05, 0.1) is 12.2 Å². The van der Waals surface area contributed by atoms with Gasteiger partial charge in [-0.3, -0.25) is 4.79 Å². The van der Waals surface area contributed by atoms with E-state index < -0.39 is 5.97 Å². The Bertz CT molecular complexity index is 707. The molecule has 1 N–H and O–H groups in total. The van der Waals surface area contributed by atoms with Gasteiger partial charge in [-0.05, 0) is 48.7 Å². The van der Waals surface area contributed by atoms with Crippen molar-refractivity contribution in [2.24, 2.45) is 0 Å². The summed E-state index contributed by atoms with van der Waals surface area (Å²) in [6.07, 6.45) is 0.978. The summed E-state index contributed by atoms with van der Waals surface area (Å²) >= 11 is 0. The third kappa shape index (κ3) is 5.64. The van der Waals surface area contributed by atoms with Crippen LogP contribution in [0.2, 0.25) is 0 Å². The van der Waals surface area contributed by atoms with Crippen LogP contribution in [0.5, 0.6) is 5.75 Å². The van der Waals surface area contributed by atoms with Crippen molar-refractivity contribution >= 4 is 11.9 Å². The Morgan fingerprint density at radius 2 is 1.60 bits per heavy atom. The fraction of sp³-hybridized carbons (Fsp3) is 0.300. The van der Waals surface area contributed by atoms with Crippen LogP contribution in [0.15, 0.2) is 48.5 Å². The summed E-state index contributed by atoms with van der Waals surface area (Å²) in [5, 5.41) is 8.89. The largest absolute Gasteiger partial charge is 0.494 e. The molecule has 5 heteroatoms. The van der Waals surface area contributed by atoms with Crippen LogP contribution in [0.25, 0.3) is 0 Å². The fourth-order valence-electron chi connectivity index (χ4n) is 2.48. The first-order valence-corrected chi connectivity index (χ1v) is 8.27. The summed E-state index contributed by atoms with van der Waals surface area (Å²) < 4.78 is 5.41. The molecule has 0 heterocycles. The van der Waals surface area contributed by atoms with Crippen LogP contribution in [-0.2, 0) is 17.8 Å². The number of nitrogens with zero attached hydrogens (tertiary/aromatic N) is 1. The van der Waals surface area contributed by atoms with Crippen molar-refractivity contribution in [1.82, 2.24) is 4.90 Å². The maximum atomic E-state index is 12.3. The molecule has 0 saturated carbocycles. The SMILES string of the molecule is CCOc1ccc(CN(C)C(=O)CCc2ccc(C(=O)O)cc2)cc1. The summed E-state index contributed by atoms with van der Waals surface area (Å²) in [5.41, 5.74) is 2.25. The second kappa shape index (κ2) is 8.87. The van der Waals surface area contributed by atoms with E-state index in [1.165, 1.54) is 0 Å². The van der Waals surface area contributed by atoms with Crippen LogP contribution in [0.3, 0.4) is 0 Å². The molecule has 0 saturated heterocycles. The highest BCUT2D eigenvalue weighted by Gasteiger charge is 2.10. The second-order valence-corrected chi connectivity index (χ2v) is 5.83. The van der Waals surface area contributed by atoms with Crippen molar-refractivity contribution in [3.05, 3.63) is 65.2 Å². The van der Waals surface area contributed by atoms with E-state index in [2.05, 4.69) is 0 Å². The lowest BCUT2D eigenvalue weighted by Gasteiger charge is -2.17. The Hall–Kier alpha value is -2.82. The Morgan fingerprint density at radius 1 is 1.00 bits per heavy atom. The monoisotopic (exact) mass is 341 g/mol. The molecule has 1 amide bonds. The zero-order valence-electron chi connectivity index (χ0n) is 14.6. The van der Waals surface area contributed by atoms with Crippen molar-refractivity contribution < 1.29 is 19.4 Å². The molecule has 2 rings (SSSR count). The average Bonchev–Trinajstić information content (AvgIpc) is 2.61. The first-order valence-electron chi connectivity index (χ1n) is 8.27. The highest BCUT2D eigenvalue weighted by atomic mass is 16.5. The van der Waals surface area contributed by atoms with Crippen LogP contribution < -0.4 is 4.74 Å². The van der Waals surface area contributed by atoms with Crippen LogP contribution in [0.1, 0.15) is 34.8 Å². The van der Waals surface area contributed by atoms with Gasteiger partial charge < -0.3 is 14.7 Å². The first kappa shape index (κ1) is 18.5. The molecule has 0 radical (unpaired) electrons. The summed E-state index contributed by atoms with van der Waals surface area (Å²) in [4.78, 5) is 24.8. The molecule has 25 heavy (non-hydrogen) atoms. The number of hydrogen-bond acceptors (Lipinski definition) is 3. The Balaban J connectivity index is 1.84. The minimum absolute atomic E-state index is 0.0520. The molecule has 2 aromatic carbocycles. The molecule has 0 aliphatic carbocycles. The molecule has 0 aromatic heterocycles. The second-order valence-electron chi connectivity index (χ2n) is 5.83. The Labute approximate surface area is 147 Å². The normalized spacial score (nSPS) is 10.3. The maximum absolute atomic E-state index is 12.3. The number of aryl methyl sites for hydroxylation is 1. The summed E-state index contributed by atoms with van der Waals surface area (Å²) in [7, 11) is 1.78. The molecule has 0 aliphatic rings. The third-order valence-corrected chi connectivity index (χ3v) is 3.91. The number of benzene rings is 2. The number of amides is 1. The zero-order valence-corrected chi connectivity index (χ0v) is 14.6. The number of rotatable bonds is 8. The highest BCUT2D eigenvalue weighted by molar-refractivity contribution is 5.87. The van der Waals surface area contributed by atoms with Crippen molar-refractivity contribution in [2.75, 3.05) is 13.7 Å². The number of ether oxygens (including phenoxy) is 1. The average molecular weight is 341 g/mol. The van der Waals surface area contributed by atoms with E-state index in [0.29, 0.717) is 26.0 Å². The number of aromatic carboxylic acids is 1. The van der Waals surface area contributed by atoms with Gasteiger partial charge in [-0.1, -0.05) is 24.3 Å². The Kier molecular flexibility index (Phi) is 6.57. The van der Waals surface area contributed by atoms with Crippen molar-refractivity contribution in [3.63, 3.8) is 0 Å². The van der Waals surface area contributed by atoms with E-state index in [1.54, 1.807) is 36.2 Å². The van der Waals surface area contributed by atoms with Gasteiger partial charge in [-0.2, -0.15) is 0 Å². The summed E-state index contributed by atoms with van der Waals surface area (Å²) in [5.74, 6) is -0.0704. The van der Waals surface area contributed by atoms with Gasteiger partial charge >= 0.3 is 5.97 Å². The van der Waals surface area contributed by atoms with E-state index in [9.17, 15) is 9.59 Å². The van der Waals surface area contributed by atoms with Crippen LogP contribution >= 0.6 is 0 Å². The Morgan fingerprint density at radius 3 is 2.16 bits per heavy atom. The number of carboxylic acid groups (broad SMARTS) is 1. The predicted molar refractivity (Wildman–Crippen MR) is 95.8 cm³/mol. The van der Waals surface area contributed by atoms with Gasteiger partial charge in [0.25, 0.3) is 0 Å². The van der Waals surface area contributed by atoms with Crippen LogP contribution in [0, 0.1) is 0 Å². The van der Waals surface area contributed by atoms with Crippen molar-refractivity contribution in [1.29, 1.82) is 0 Å². The minimum Gasteiger partial charge on any atom is -0.494 e. The lowest BCUT2D eigenvalue weighted by atomic mass is 10.1. The minimum atomic E-state index is -0.947. The standard InChI is InChI=1S/C20H23NO4/c1-3-25-18-11-6-16(7-12-18)14-21(2)19(22)13-8-15-4-9-17(10-5-15)20(23)24/h4-7,9-12H,3,8,13-14H2,1-2H3,(H,23,24). The van der Waals surface area contributed by atoms with Gasteiger partial charge in [-0.15, -0.1) is 0 Å². The van der Waals surface area contributed by atoms with Crippen molar-refractivity contribution in [3.8, 4) is 5.75 Å². The zero-order chi connectivity index (χ0) is 18.2. The quantitative estimate of drug-likeness (QED) is 0.799. The number of carbonyl (C=O) groups is 2. The highest BCUT2D eigenvalue weighted by Crippen LogP contribution is 2.14. The van der Waals surface area contributed by atoms with E-state index >= 15 is 0 Å². The predicted octanol–water partition coefficient (Wildman–Crippen LogP) is 3.37. The lowest BCUT2D eigenvalue weighted by Crippen LogP contribution is -2.26. The fourth-order valence-corrected chi connectivity index (χ4v) is 2.48. The van der Waals surface area contributed by atoms with E-state index in [-0.39, 0.29) is 11.5 Å². The van der Waals surface area contributed by atoms with Gasteiger partial charge in [0.15, 0.2) is 0 Å².